The van der Waals surface area contributed by atoms with Gasteiger partial charge in [-0.15, -0.1) is 0 Å². The van der Waals surface area contributed by atoms with Crippen molar-refractivity contribution in [3.05, 3.63) is 23.8 Å². The maximum Gasteiger partial charge on any atom is 0.174 e. The fourth-order valence-corrected chi connectivity index (χ4v) is 1.46. The SMILES string of the molecule is CCC(C)c1ccc(OC)c(OCC#N)c1. The first-order chi connectivity index (χ1) is 7.72. The van der Waals surface area contributed by atoms with Gasteiger partial charge < -0.3 is 9.47 Å². The molecule has 0 saturated carbocycles. The number of nitriles is 1. The number of hydrogen-bond acceptors (Lipinski definition) is 3. The normalized spacial score (nSPS) is 11.6. The van der Waals surface area contributed by atoms with E-state index in [1.165, 1.54) is 5.56 Å². The molecule has 3 nitrogen and oxygen atoms in total. The van der Waals surface area contributed by atoms with Gasteiger partial charge in [-0.25, -0.2) is 0 Å². The van der Waals surface area contributed by atoms with Gasteiger partial charge in [0.05, 0.1) is 7.11 Å². The van der Waals surface area contributed by atoms with Gasteiger partial charge in [0.15, 0.2) is 18.1 Å². The van der Waals surface area contributed by atoms with Crippen LogP contribution in [0.1, 0.15) is 31.7 Å². The van der Waals surface area contributed by atoms with Gasteiger partial charge in [0, 0.05) is 0 Å². The number of nitrogens with zero attached hydrogens (tertiary/aromatic N) is 1. The van der Waals surface area contributed by atoms with Gasteiger partial charge in [-0.05, 0) is 30.0 Å². The van der Waals surface area contributed by atoms with E-state index in [2.05, 4.69) is 13.8 Å². The lowest BCUT2D eigenvalue weighted by Gasteiger charge is -2.13. The van der Waals surface area contributed by atoms with Gasteiger partial charge in [0.1, 0.15) is 6.07 Å². The molecule has 1 atom stereocenters. The number of benzene rings is 1. The fourth-order valence-electron chi connectivity index (χ4n) is 1.46. The Labute approximate surface area is 96.6 Å². The van der Waals surface area contributed by atoms with E-state index < -0.39 is 0 Å². The summed E-state index contributed by atoms with van der Waals surface area (Å²) in [5.41, 5.74) is 1.20. The average molecular weight is 219 g/mol. The average Bonchev–Trinajstić information content (AvgIpc) is 2.34. The molecule has 16 heavy (non-hydrogen) atoms. The van der Waals surface area contributed by atoms with E-state index in [0.717, 1.165) is 6.42 Å². The molecule has 0 fully saturated rings. The number of hydrogen-bond donors (Lipinski definition) is 0. The molecular weight excluding hydrogens is 202 g/mol. The first-order valence-electron chi connectivity index (χ1n) is 5.40. The molecule has 0 aromatic heterocycles. The van der Waals surface area contributed by atoms with Crippen molar-refractivity contribution < 1.29 is 9.47 Å². The van der Waals surface area contributed by atoms with Crippen LogP contribution in [0, 0.1) is 11.3 Å². The van der Waals surface area contributed by atoms with Gasteiger partial charge in [-0.3, -0.25) is 0 Å². The van der Waals surface area contributed by atoms with E-state index in [0.29, 0.717) is 17.4 Å². The van der Waals surface area contributed by atoms with Crippen molar-refractivity contribution >= 4 is 0 Å². The molecule has 3 heteroatoms. The second-order valence-electron chi connectivity index (χ2n) is 3.67. The minimum atomic E-state index is 0.0420. The van der Waals surface area contributed by atoms with Crippen LogP contribution in [-0.2, 0) is 0 Å². The van der Waals surface area contributed by atoms with Crippen LogP contribution in [0.5, 0.6) is 11.5 Å². The highest BCUT2D eigenvalue weighted by atomic mass is 16.5. The molecule has 0 amide bonds. The molecular formula is C13H17NO2. The van der Waals surface area contributed by atoms with Crippen molar-refractivity contribution in [3.8, 4) is 17.6 Å². The Balaban J connectivity index is 2.97. The summed E-state index contributed by atoms with van der Waals surface area (Å²) in [7, 11) is 1.59. The van der Waals surface area contributed by atoms with Crippen LogP contribution in [-0.4, -0.2) is 13.7 Å². The Morgan fingerprint density at radius 1 is 1.38 bits per heavy atom. The summed E-state index contributed by atoms with van der Waals surface area (Å²) in [6.07, 6.45) is 1.07. The lowest BCUT2D eigenvalue weighted by Crippen LogP contribution is -1.99. The lowest BCUT2D eigenvalue weighted by molar-refractivity contribution is 0.329. The maximum absolute atomic E-state index is 8.50. The van der Waals surface area contributed by atoms with Gasteiger partial charge in [0.2, 0.25) is 0 Å². The van der Waals surface area contributed by atoms with E-state index in [9.17, 15) is 0 Å². The molecule has 0 aliphatic carbocycles. The van der Waals surface area contributed by atoms with Crippen molar-refractivity contribution in [2.75, 3.05) is 13.7 Å². The van der Waals surface area contributed by atoms with Gasteiger partial charge in [-0.1, -0.05) is 19.9 Å². The quantitative estimate of drug-likeness (QED) is 0.764. The molecule has 0 spiro atoms. The Hall–Kier alpha value is -1.69. The molecule has 0 saturated heterocycles. The Bertz CT molecular complexity index is 382. The maximum atomic E-state index is 8.50. The van der Waals surface area contributed by atoms with Crippen LogP contribution in [0.15, 0.2) is 18.2 Å². The van der Waals surface area contributed by atoms with Crippen LogP contribution < -0.4 is 9.47 Å². The van der Waals surface area contributed by atoms with Crippen LogP contribution in [0.3, 0.4) is 0 Å². The van der Waals surface area contributed by atoms with Crippen molar-refractivity contribution in [1.29, 1.82) is 5.26 Å². The van der Waals surface area contributed by atoms with Gasteiger partial charge in [0.25, 0.3) is 0 Å². The second kappa shape index (κ2) is 6.02. The van der Waals surface area contributed by atoms with E-state index in [1.54, 1.807) is 7.11 Å². The zero-order valence-electron chi connectivity index (χ0n) is 9.99. The monoisotopic (exact) mass is 219 g/mol. The van der Waals surface area contributed by atoms with Crippen LogP contribution in [0.4, 0.5) is 0 Å². The number of methoxy groups -OCH3 is 1. The molecule has 1 unspecified atom stereocenters. The molecule has 1 aromatic carbocycles. The highest BCUT2D eigenvalue weighted by molar-refractivity contribution is 5.44. The molecule has 0 aliphatic rings. The van der Waals surface area contributed by atoms with Gasteiger partial charge >= 0.3 is 0 Å². The fraction of sp³-hybridized carbons (Fsp3) is 0.462. The molecule has 1 rings (SSSR count). The Kier molecular flexibility index (Phi) is 4.65. The Morgan fingerprint density at radius 3 is 2.69 bits per heavy atom. The van der Waals surface area contributed by atoms with E-state index in [-0.39, 0.29) is 6.61 Å². The van der Waals surface area contributed by atoms with E-state index in [1.807, 2.05) is 24.3 Å². The predicted octanol–water partition coefficient (Wildman–Crippen LogP) is 3.11. The minimum Gasteiger partial charge on any atom is -0.493 e. The molecule has 0 bridgehead atoms. The molecule has 0 radical (unpaired) electrons. The first kappa shape index (κ1) is 12.4. The molecule has 0 aliphatic heterocycles. The summed E-state index contributed by atoms with van der Waals surface area (Å²) in [6, 6.07) is 7.82. The number of rotatable bonds is 5. The van der Waals surface area contributed by atoms with Crippen LogP contribution >= 0.6 is 0 Å². The summed E-state index contributed by atoms with van der Waals surface area (Å²) in [6.45, 7) is 4.35. The van der Waals surface area contributed by atoms with Crippen LogP contribution in [0.2, 0.25) is 0 Å². The predicted molar refractivity (Wildman–Crippen MR) is 62.8 cm³/mol. The summed E-state index contributed by atoms with van der Waals surface area (Å²) in [4.78, 5) is 0. The molecule has 0 heterocycles. The number of ether oxygens (including phenoxy) is 2. The third-order valence-electron chi connectivity index (χ3n) is 2.66. The van der Waals surface area contributed by atoms with E-state index in [4.69, 9.17) is 14.7 Å². The van der Waals surface area contributed by atoms with Crippen molar-refractivity contribution in [2.24, 2.45) is 0 Å². The zero-order chi connectivity index (χ0) is 12.0. The highest BCUT2D eigenvalue weighted by Crippen LogP contribution is 2.31. The molecule has 86 valence electrons. The third kappa shape index (κ3) is 2.90. The lowest BCUT2D eigenvalue weighted by atomic mass is 9.98. The smallest absolute Gasteiger partial charge is 0.174 e. The standard InChI is InChI=1S/C13H17NO2/c1-4-10(2)11-5-6-12(15-3)13(9-11)16-8-7-14/h5-6,9-10H,4,8H2,1-3H3. The van der Waals surface area contributed by atoms with Crippen molar-refractivity contribution in [1.82, 2.24) is 0 Å². The first-order valence-corrected chi connectivity index (χ1v) is 5.40. The van der Waals surface area contributed by atoms with Crippen molar-refractivity contribution in [3.63, 3.8) is 0 Å². The molecule has 1 aromatic rings. The van der Waals surface area contributed by atoms with Crippen LogP contribution in [0.25, 0.3) is 0 Å². The molecule has 0 N–H and O–H groups in total. The van der Waals surface area contributed by atoms with Crippen molar-refractivity contribution in [2.45, 2.75) is 26.2 Å². The van der Waals surface area contributed by atoms with E-state index >= 15 is 0 Å². The topological polar surface area (TPSA) is 42.2 Å². The summed E-state index contributed by atoms with van der Waals surface area (Å²) in [5.74, 6) is 1.79. The Morgan fingerprint density at radius 2 is 2.12 bits per heavy atom. The zero-order valence-corrected chi connectivity index (χ0v) is 9.99. The third-order valence-corrected chi connectivity index (χ3v) is 2.66. The highest BCUT2D eigenvalue weighted by Gasteiger charge is 2.09. The summed E-state index contributed by atoms with van der Waals surface area (Å²) >= 11 is 0. The minimum absolute atomic E-state index is 0.0420. The largest absolute Gasteiger partial charge is 0.493 e. The summed E-state index contributed by atoms with van der Waals surface area (Å²) in [5, 5.41) is 8.50. The second-order valence-corrected chi connectivity index (χ2v) is 3.67. The van der Waals surface area contributed by atoms with Gasteiger partial charge in [-0.2, -0.15) is 5.26 Å². The summed E-state index contributed by atoms with van der Waals surface area (Å²) < 4.78 is 10.5.